The molecule has 4 heteroatoms. The second kappa shape index (κ2) is 4.07. The first kappa shape index (κ1) is 10.5. The van der Waals surface area contributed by atoms with Crippen LogP contribution in [0.4, 0.5) is 0 Å². The van der Waals surface area contributed by atoms with Crippen LogP contribution in [-0.2, 0) is 19.0 Å². The number of carbonyl (C=O) groups excluding carboxylic acids is 1. The Morgan fingerprint density at radius 3 is 2.77 bits per heavy atom. The van der Waals surface area contributed by atoms with E-state index in [1.165, 1.54) is 0 Å². The number of carbonyl (C=O) groups is 1. The number of methoxy groups -OCH3 is 2. The third kappa shape index (κ3) is 1.84. The van der Waals surface area contributed by atoms with Gasteiger partial charge in [0.15, 0.2) is 5.60 Å². The molecule has 0 aromatic carbocycles. The highest BCUT2D eigenvalue weighted by molar-refractivity contribution is 5.73. The number of cyclic esters (lactones) is 1. The lowest BCUT2D eigenvalue weighted by atomic mass is 9.95. The summed E-state index contributed by atoms with van der Waals surface area (Å²) in [5.74, 6) is -0.203. The van der Waals surface area contributed by atoms with Crippen molar-refractivity contribution >= 4 is 5.97 Å². The summed E-state index contributed by atoms with van der Waals surface area (Å²) in [7, 11) is 3.18. The van der Waals surface area contributed by atoms with E-state index in [1.54, 1.807) is 14.2 Å². The SMILES string of the molecule is CC[C@]1(COC)OC(=O)C[C@H]1OC. The van der Waals surface area contributed by atoms with E-state index >= 15 is 0 Å². The zero-order chi connectivity index (χ0) is 9.90. The van der Waals surface area contributed by atoms with Crippen LogP contribution in [0.25, 0.3) is 0 Å². The highest BCUT2D eigenvalue weighted by atomic mass is 16.6. The molecule has 2 atom stereocenters. The largest absolute Gasteiger partial charge is 0.454 e. The first-order valence-corrected chi connectivity index (χ1v) is 4.42. The van der Waals surface area contributed by atoms with E-state index in [1.807, 2.05) is 6.92 Å². The van der Waals surface area contributed by atoms with Crippen molar-refractivity contribution in [1.82, 2.24) is 0 Å². The van der Waals surface area contributed by atoms with Crippen LogP contribution in [0.3, 0.4) is 0 Å². The van der Waals surface area contributed by atoms with Gasteiger partial charge in [-0.05, 0) is 6.42 Å². The standard InChI is InChI=1S/C9H16O4/c1-4-9(6-11-2)7(12-3)5-8(10)13-9/h7H,4-6H2,1-3H3/t7-,9-/m1/s1. The molecule has 0 bridgehead atoms. The van der Waals surface area contributed by atoms with Gasteiger partial charge in [0.1, 0.15) is 6.10 Å². The number of hydrogen-bond donors (Lipinski definition) is 0. The minimum Gasteiger partial charge on any atom is -0.454 e. The summed E-state index contributed by atoms with van der Waals surface area (Å²) < 4.78 is 15.5. The van der Waals surface area contributed by atoms with E-state index in [0.717, 1.165) is 0 Å². The maximum absolute atomic E-state index is 11.1. The molecule has 0 radical (unpaired) electrons. The van der Waals surface area contributed by atoms with E-state index < -0.39 is 5.60 Å². The van der Waals surface area contributed by atoms with Gasteiger partial charge in [-0.25, -0.2) is 0 Å². The fraction of sp³-hybridized carbons (Fsp3) is 0.889. The molecule has 1 fully saturated rings. The predicted octanol–water partition coefficient (Wildman–Crippen LogP) is 0.744. The molecule has 0 spiro atoms. The zero-order valence-electron chi connectivity index (χ0n) is 8.33. The first-order valence-electron chi connectivity index (χ1n) is 4.42. The Labute approximate surface area is 78.2 Å². The predicted molar refractivity (Wildman–Crippen MR) is 46.4 cm³/mol. The van der Waals surface area contributed by atoms with Crippen molar-refractivity contribution in [2.75, 3.05) is 20.8 Å². The number of esters is 1. The second-order valence-electron chi connectivity index (χ2n) is 3.25. The van der Waals surface area contributed by atoms with Gasteiger partial charge in [0.05, 0.1) is 13.0 Å². The van der Waals surface area contributed by atoms with Crippen molar-refractivity contribution in [2.45, 2.75) is 31.5 Å². The lowest BCUT2D eigenvalue weighted by Crippen LogP contribution is -2.44. The number of rotatable bonds is 4. The van der Waals surface area contributed by atoms with Crippen molar-refractivity contribution in [3.05, 3.63) is 0 Å². The Balaban J connectivity index is 2.76. The van der Waals surface area contributed by atoms with Crippen LogP contribution >= 0.6 is 0 Å². The summed E-state index contributed by atoms with van der Waals surface area (Å²) in [4.78, 5) is 11.1. The van der Waals surface area contributed by atoms with Crippen LogP contribution in [0.15, 0.2) is 0 Å². The van der Waals surface area contributed by atoms with Crippen LogP contribution in [0, 0.1) is 0 Å². The van der Waals surface area contributed by atoms with E-state index in [-0.39, 0.29) is 12.1 Å². The molecule has 0 amide bonds. The molecule has 13 heavy (non-hydrogen) atoms. The van der Waals surface area contributed by atoms with Crippen LogP contribution < -0.4 is 0 Å². The van der Waals surface area contributed by atoms with E-state index in [0.29, 0.717) is 19.4 Å². The average Bonchev–Trinajstić information content (AvgIpc) is 2.43. The molecular weight excluding hydrogens is 172 g/mol. The maximum atomic E-state index is 11.1. The van der Waals surface area contributed by atoms with Crippen molar-refractivity contribution in [3.8, 4) is 0 Å². The summed E-state index contributed by atoms with van der Waals surface area (Å²) in [5, 5.41) is 0. The Hall–Kier alpha value is -0.610. The Kier molecular flexibility index (Phi) is 3.27. The molecule has 76 valence electrons. The maximum Gasteiger partial charge on any atom is 0.309 e. The minimum atomic E-state index is -0.569. The molecule has 1 saturated heterocycles. The van der Waals surface area contributed by atoms with Gasteiger partial charge in [-0.15, -0.1) is 0 Å². The fourth-order valence-corrected chi connectivity index (χ4v) is 1.74. The van der Waals surface area contributed by atoms with Crippen molar-refractivity contribution in [2.24, 2.45) is 0 Å². The number of ether oxygens (including phenoxy) is 3. The van der Waals surface area contributed by atoms with Gasteiger partial charge >= 0.3 is 5.97 Å². The van der Waals surface area contributed by atoms with E-state index in [9.17, 15) is 4.79 Å². The van der Waals surface area contributed by atoms with Crippen LogP contribution in [-0.4, -0.2) is 38.5 Å². The van der Waals surface area contributed by atoms with Crippen molar-refractivity contribution < 1.29 is 19.0 Å². The topological polar surface area (TPSA) is 44.8 Å². The van der Waals surface area contributed by atoms with Gasteiger partial charge in [0, 0.05) is 14.2 Å². The summed E-state index contributed by atoms with van der Waals surface area (Å²) >= 11 is 0. The minimum absolute atomic E-state index is 0.176. The van der Waals surface area contributed by atoms with Gasteiger partial charge in [-0.2, -0.15) is 0 Å². The van der Waals surface area contributed by atoms with Crippen molar-refractivity contribution in [3.63, 3.8) is 0 Å². The Morgan fingerprint density at radius 1 is 1.62 bits per heavy atom. The lowest BCUT2D eigenvalue weighted by Gasteiger charge is -2.30. The molecule has 0 aromatic rings. The molecule has 0 unspecified atom stereocenters. The lowest BCUT2D eigenvalue weighted by molar-refractivity contribution is -0.159. The third-order valence-electron chi connectivity index (χ3n) is 2.53. The monoisotopic (exact) mass is 188 g/mol. The van der Waals surface area contributed by atoms with Gasteiger partial charge in [-0.3, -0.25) is 4.79 Å². The van der Waals surface area contributed by atoms with Crippen LogP contribution in [0.5, 0.6) is 0 Å². The molecular formula is C9H16O4. The normalized spacial score (nSPS) is 33.5. The van der Waals surface area contributed by atoms with Gasteiger partial charge < -0.3 is 14.2 Å². The molecule has 4 nitrogen and oxygen atoms in total. The van der Waals surface area contributed by atoms with Gasteiger partial charge in [0.2, 0.25) is 0 Å². The van der Waals surface area contributed by atoms with Gasteiger partial charge in [-0.1, -0.05) is 6.92 Å². The first-order chi connectivity index (χ1) is 6.18. The summed E-state index contributed by atoms with van der Waals surface area (Å²) in [6, 6.07) is 0. The molecule has 1 aliphatic heterocycles. The van der Waals surface area contributed by atoms with Crippen molar-refractivity contribution in [1.29, 1.82) is 0 Å². The molecule has 0 N–H and O–H groups in total. The third-order valence-corrected chi connectivity index (χ3v) is 2.53. The van der Waals surface area contributed by atoms with Crippen LogP contribution in [0.2, 0.25) is 0 Å². The zero-order valence-corrected chi connectivity index (χ0v) is 8.33. The highest BCUT2D eigenvalue weighted by Crippen LogP contribution is 2.32. The molecule has 0 aromatic heterocycles. The smallest absolute Gasteiger partial charge is 0.309 e. The molecule has 0 saturated carbocycles. The van der Waals surface area contributed by atoms with Crippen LogP contribution in [0.1, 0.15) is 19.8 Å². The molecule has 1 rings (SSSR count). The average molecular weight is 188 g/mol. The fourth-order valence-electron chi connectivity index (χ4n) is 1.74. The summed E-state index contributed by atoms with van der Waals surface area (Å²) in [6.45, 7) is 2.36. The number of hydrogen-bond acceptors (Lipinski definition) is 4. The van der Waals surface area contributed by atoms with E-state index in [4.69, 9.17) is 14.2 Å². The molecule has 1 aliphatic rings. The molecule has 0 aliphatic carbocycles. The van der Waals surface area contributed by atoms with E-state index in [2.05, 4.69) is 0 Å². The van der Waals surface area contributed by atoms with Gasteiger partial charge in [0.25, 0.3) is 0 Å². The highest BCUT2D eigenvalue weighted by Gasteiger charge is 2.48. The summed E-state index contributed by atoms with van der Waals surface area (Å²) in [6.07, 6.45) is 0.864. The second-order valence-corrected chi connectivity index (χ2v) is 3.25. The Bertz CT molecular complexity index is 192. The molecule has 1 heterocycles. The quantitative estimate of drug-likeness (QED) is 0.610. The Morgan fingerprint density at radius 2 is 2.31 bits per heavy atom. The summed E-state index contributed by atoms with van der Waals surface area (Å²) in [5.41, 5.74) is -0.569.